The zero-order valence-electron chi connectivity index (χ0n) is 22.9. The maximum Gasteiger partial charge on any atom is 0.228 e. The number of nitrogens with one attached hydrogen (secondary N) is 2. The van der Waals surface area contributed by atoms with E-state index < -0.39 is 0 Å². The average Bonchev–Trinajstić information content (AvgIpc) is 3.31. The van der Waals surface area contributed by atoms with E-state index in [1.165, 1.54) is 0 Å². The second-order valence-electron chi connectivity index (χ2n) is 9.45. The molecule has 0 unspecified atom stereocenters. The number of methoxy groups -OCH3 is 1. The van der Waals surface area contributed by atoms with Crippen LogP contribution in [0.1, 0.15) is 6.42 Å². The van der Waals surface area contributed by atoms with Gasteiger partial charge in [0.05, 0.1) is 37.4 Å². The van der Waals surface area contributed by atoms with Gasteiger partial charge in [0.25, 0.3) is 0 Å². The van der Waals surface area contributed by atoms with Crippen molar-refractivity contribution >= 4 is 34.1 Å². The van der Waals surface area contributed by atoms with Crippen LogP contribution in [-0.4, -0.2) is 71.9 Å². The molecule has 0 saturated carbocycles. The predicted octanol–water partition coefficient (Wildman–Crippen LogP) is 4.61. The van der Waals surface area contributed by atoms with E-state index in [1.807, 2.05) is 25.2 Å². The number of hydrogen-bond acceptors (Lipinski definition) is 8. The van der Waals surface area contributed by atoms with Gasteiger partial charge < -0.3 is 29.4 Å². The van der Waals surface area contributed by atoms with Gasteiger partial charge in [0, 0.05) is 68.0 Å². The summed E-state index contributed by atoms with van der Waals surface area (Å²) < 4.78 is 19.3. The molecule has 1 fully saturated rings. The van der Waals surface area contributed by atoms with Crippen LogP contribution in [0.15, 0.2) is 67.5 Å². The highest BCUT2D eigenvalue weighted by molar-refractivity contribution is 5.96. The van der Waals surface area contributed by atoms with Gasteiger partial charge in [-0.15, -0.1) is 6.58 Å². The van der Waals surface area contributed by atoms with Crippen LogP contribution >= 0.6 is 0 Å². The van der Waals surface area contributed by atoms with Gasteiger partial charge in [0.15, 0.2) is 0 Å². The normalized spacial score (nSPS) is 13.7. The number of nitrogens with zero attached hydrogens (tertiary/aromatic N) is 4. The molecule has 2 N–H and O–H groups in total. The molecule has 0 radical (unpaired) electrons. The lowest BCUT2D eigenvalue weighted by Gasteiger charge is -2.26. The Hall–Kier alpha value is -4.41. The molecule has 4 aromatic rings. The van der Waals surface area contributed by atoms with Crippen LogP contribution in [0, 0.1) is 0 Å². The van der Waals surface area contributed by atoms with Crippen molar-refractivity contribution < 1.29 is 19.0 Å². The van der Waals surface area contributed by atoms with Crippen LogP contribution in [0.4, 0.5) is 17.3 Å². The van der Waals surface area contributed by atoms with Crippen LogP contribution < -0.4 is 20.1 Å². The number of carbonyl (C=O) groups is 1. The van der Waals surface area contributed by atoms with Crippen molar-refractivity contribution in [1.29, 1.82) is 0 Å². The summed E-state index contributed by atoms with van der Waals surface area (Å²) in [5.74, 6) is 1.24. The largest absolute Gasteiger partial charge is 0.494 e. The number of amides is 1. The van der Waals surface area contributed by atoms with Crippen molar-refractivity contribution in [1.82, 2.24) is 19.4 Å². The third-order valence-electron chi connectivity index (χ3n) is 6.75. The van der Waals surface area contributed by atoms with Gasteiger partial charge in [0.2, 0.25) is 11.9 Å². The molecule has 208 valence electrons. The Bertz CT molecular complexity index is 1500. The van der Waals surface area contributed by atoms with Gasteiger partial charge in [-0.1, -0.05) is 24.3 Å². The fraction of sp³-hybridized carbons (Fsp3) is 0.300. The van der Waals surface area contributed by atoms with Gasteiger partial charge in [-0.05, 0) is 18.2 Å². The van der Waals surface area contributed by atoms with Crippen molar-refractivity contribution in [2.45, 2.75) is 6.42 Å². The summed E-state index contributed by atoms with van der Waals surface area (Å²) in [7, 11) is 3.60. The Labute approximate surface area is 233 Å². The number of hydrogen-bond donors (Lipinski definition) is 2. The predicted molar refractivity (Wildman–Crippen MR) is 156 cm³/mol. The molecular weight excluding hydrogens is 508 g/mol. The highest BCUT2D eigenvalue weighted by Crippen LogP contribution is 2.38. The number of fused-ring (bicyclic) bond motifs is 1. The number of anilines is 3. The standard InChI is InChI=1S/C30H34N6O4/c1-4-7-29(37)32-25-18-24(27(38-3)19-28(25)40-17-14-36-12-15-39-16-13-36)34-30-31-11-10-23(33-30)22-20-35(2)26-9-6-5-8-21(22)26/h4-6,8-11,18-20H,1,7,12-17H2,2-3H3,(H,32,37)(H,31,33,34). The SMILES string of the molecule is C=CCC(=O)Nc1cc(Nc2nccc(-c3cn(C)c4ccccc34)n2)c(OC)cc1OCCN1CCOCC1. The molecule has 5 rings (SSSR count). The molecule has 1 aliphatic rings. The summed E-state index contributed by atoms with van der Waals surface area (Å²) in [6.07, 6.45) is 5.52. The first-order valence-corrected chi connectivity index (χ1v) is 13.3. The number of aryl methyl sites for hydroxylation is 1. The van der Waals surface area contributed by atoms with Gasteiger partial charge in [0.1, 0.15) is 18.1 Å². The lowest BCUT2D eigenvalue weighted by atomic mass is 10.1. The zero-order valence-corrected chi connectivity index (χ0v) is 22.9. The first-order chi connectivity index (χ1) is 19.6. The number of aromatic nitrogens is 3. The van der Waals surface area contributed by atoms with Crippen LogP contribution in [0.25, 0.3) is 22.2 Å². The minimum atomic E-state index is -0.196. The summed E-state index contributed by atoms with van der Waals surface area (Å²) >= 11 is 0. The second kappa shape index (κ2) is 12.6. The first kappa shape index (κ1) is 27.2. The van der Waals surface area contributed by atoms with E-state index in [1.54, 1.807) is 31.5 Å². The number of carbonyl (C=O) groups excluding carboxylic acids is 1. The topological polar surface area (TPSA) is 103 Å². The van der Waals surface area contributed by atoms with Gasteiger partial charge >= 0.3 is 0 Å². The Morgan fingerprint density at radius 3 is 2.77 bits per heavy atom. The van der Waals surface area contributed by atoms with Gasteiger partial charge in [-0.25, -0.2) is 9.97 Å². The molecular formula is C30H34N6O4. The van der Waals surface area contributed by atoms with Crippen molar-refractivity contribution in [2.75, 3.05) is 57.2 Å². The molecule has 40 heavy (non-hydrogen) atoms. The molecule has 0 atom stereocenters. The maximum atomic E-state index is 12.5. The van der Waals surface area contributed by atoms with Crippen LogP contribution in [-0.2, 0) is 16.6 Å². The average molecular weight is 543 g/mol. The van der Waals surface area contributed by atoms with Crippen LogP contribution in [0.3, 0.4) is 0 Å². The number of morpholine rings is 1. The minimum Gasteiger partial charge on any atom is -0.494 e. The molecule has 0 aliphatic carbocycles. The Balaban J connectivity index is 1.41. The first-order valence-electron chi connectivity index (χ1n) is 13.3. The van der Waals surface area contributed by atoms with E-state index in [-0.39, 0.29) is 12.3 Å². The Morgan fingerprint density at radius 1 is 1.15 bits per heavy atom. The molecule has 10 nitrogen and oxygen atoms in total. The number of ether oxygens (including phenoxy) is 3. The van der Waals surface area contributed by atoms with E-state index in [0.717, 1.165) is 55.0 Å². The molecule has 2 aromatic carbocycles. The van der Waals surface area contributed by atoms with Crippen molar-refractivity contribution in [2.24, 2.45) is 7.05 Å². The van der Waals surface area contributed by atoms with Gasteiger partial charge in [-0.2, -0.15) is 0 Å². The summed E-state index contributed by atoms with van der Waals surface area (Å²) in [6.45, 7) is 8.06. The minimum absolute atomic E-state index is 0.179. The fourth-order valence-electron chi connectivity index (χ4n) is 4.72. The zero-order chi connectivity index (χ0) is 27.9. The highest BCUT2D eigenvalue weighted by atomic mass is 16.5. The van der Waals surface area contributed by atoms with Gasteiger partial charge in [-0.3, -0.25) is 9.69 Å². The van der Waals surface area contributed by atoms with E-state index in [9.17, 15) is 4.79 Å². The summed E-state index contributed by atoms with van der Waals surface area (Å²) in [6, 6.07) is 13.6. The number of para-hydroxylation sites is 1. The fourth-order valence-corrected chi connectivity index (χ4v) is 4.72. The van der Waals surface area contributed by atoms with Crippen LogP contribution in [0.5, 0.6) is 11.5 Å². The lowest BCUT2D eigenvalue weighted by Crippen LogP contribution is -2.38. The molecule has 1 saturated heterocycles. The third kappa shape index (κ3) is 6.24. The monoisotopic (exact) mass is 542 g/mol. The third-order valence-corrected chi connectivity index (χ3v) is 6.75. The number of benzene rings is 2. The molecule has 1 amide bonds. The van der Waals surface area contributed by atoms with E-state index >= 15 is 0 Å². The maximum absolute atomic E-state index is 12.5. The number of rotatable bonds is 11. The molecule has 1 aliphatic heterocycles. The van der Waals surface area contributed by atoms with E-state index in [4.69, 9.17) is 19.2 Å². The highest BCUT2D eigenvalue weighted by Gasteiger charge is 2.17. The van der Waals surface area contributed by atoms with Crippen molar-refractivity contribution in [3.8, 4) is 22.8 Å². The smallest absolute Gasteiger partial charge is 0.228 e. The molecule has 10 heteroatoms. The summed E-state index contributed by atoms with van der Waals surface area (Å²) in [4.78, 5) is 24.0. The quantitative estimate of drug-likeness (QED) is 0.265. The molecule has 3 heterocycles. The van der Waals surface area contributed by atoms with E-state index in [0.29, 0.717) is 35.4 Å². The van der Waals surface area contributed by atoms with Crippen molar-refractivity contribution in [3.63, 3.8) is 0 Å². The summed E-state index contributed by atoms with van der Waals surface area (Å²) in [5.41, 5.74) is 4.03. The van der Waals surface area contributed by atoms with Crippen molar-refractivity contribution in [3.05, 3.63) is 67.5 Å². The van der Waals surface area contributed by atoms with E-state index in [2.05, 4.69) is 50.0 Å². The summed E-state index contributed by atoms with van der Waals surface area (Å²) in [5, 5.41) is 7.30. The Morgan fingerprint density at radius 2 is 1.98 bits per heavy atom. The lowest BCUT2D eigenvalue weighted by molar-refractivity contribution is -0.115. The Kier molecular flexibility index (Phi) is 8.58. The molecule has 0 bridgehead atoms. The molecule has 2 aromatic heterocycles. The van der Waals surface area contributed by atoms with Crippen LogP contribution in [0.2, 0.25) is 0 Å². The molecule has 0 spiro atoms. The second-order valence-corrected chi connectivity index (χ2v) is 9.45.